The van der Waals surface area contributed by atoms with E-state index in [0.29, 0.717) is 43.3 Å². The van der Waals surface area contributed by atoms with Crippen LogP contribution >= 0.6 is 0 Å². The molecule has 0 spiro atoms. The molecule has 11 nitrogen and oxygen atoms in total. The van der Waals surface area contributed by atoms with E-state index in [0.717, 1.165) is 4.68 Å². The molecule has 0 radical (unpaired) electrons. The number of benzene rings is 2. The molecule has 0 unspecified atom stereocenters. The van der Waals surface area contributed by atoms with Gasteiger partial charge in [-0.05, 0) is 37.3 Å². The molecule has 2 aromatic carbocycles. The van der Waals surface area contributed by atoms with E-state index in [1.54, 1.807) is 37.3 Å². The van der Waals surface area contributed by atoms with Crippen LogP contribution in [-0.2, 0) is 9.47 Å². The van der Waals surface area contributed by atoms with Gasteiger partial charge in [0.15, 0.2) is 0 Å². The third-order valence-electron chi connectivity index (χ3n) is 5.53. The number of anilines is 1. The highest BCUT2D eigenvalue weighted by Gasteiger charge is 2.25. The smallest absolute Gasteiger partial charge is 0.343 e. The van der Waals surface area contributed by atoms with Gasteiger partial charge in [0.25, 0.3) is 11.2 Å². The van der Waals surface area contributed by atoms with E-state index in [1.165, 1.54) is 25.3 Å². The van der Waals surface area contributed by atoms with Gasteiger partial charge in [-0.25, -0.2) is 4.79 Å². The van der Waals surface area contributed by atoms with Gasteiger partial charge in [-0.2, -0.15) is 9.78 Å². The van der Waals surface area contributed by atoms with E-state index >= 15 is 0 Å². The van der Waals surface area contributed by atoms with Crippen molar-refractivity contribution in [2.24, 2.45) is 0 Å². The van der Waals surface area contributed by atoms with Crippen molar-refractivity contribution in [3.63, 3.8) is 0 Å². The number of nitro benzene ring substituents is 1. The Kier molecular flexibility index (Phi) is 7.06. The first-order valence-corrected chi connectivity index (χ1v) is 11.0. The topological polar surface area (TPSA) is 126 Å². The first kappa shape index (κ1) is 23.9. The van der Waals surface area contributed by atoms with Crippen molar-refractivity contribution in [3.05, 3.63) is 74.6 Å². The van der Waals surface area contributed by atoms with Crippen LogP contribution in [0.2, 0.25) is 0 Å². The number of carbonyl (C=O) groups is 1. The zero-order valence-corrected chi connectivity index (χ0v) is 19.3. The Hall–Kier alpha value is -4.25. The average molecular weight is 480 g/mol. The average Bonchev–Trinajstić information content (AvgIpc) is 2.89. The van der Waals surface area contributed by atoms with E-state index < -0.39 is 16.5 Å². The summed E-state index contributed by atoms with van der Waals surface area (Å²) >= 11 is 0. The van der Waals surface area contributed by atoms with Gasteiger partial charge < -0.3 is 19.1 Å². The number of morpholine rings is 1. The van der Waals surface area contributed by atoms with E-state index in [2.05, 4.69) is 5.10 Å². The Morgan fingerprint density at radius 3 is 2.63 bits per heavy atom. The Bertz CT molecular complexity index is 1320. The number of nitrogens with zero attached hydrogens (tertiary/aromatic N) is 4. The largest absolute Gasteiger partial charge is 0.497 e. The number of nitro groups is 1. The highest BCUT2D eigenvalue weighted by atomic mass is 16.6. The Labute approximate surface area is 200 Å². The van der Waals surface area contributed by atoms with Crippen molar-refractivity contribution in [1.29, 1.82) is 0 Å². The minimum absolute atomic E-state index is 0.0562. The van der Waals surface area contributed by atoms with Gasteiger partial charge >= 0.3 is 5.97 Å². The van der Waals surface area contributed by atoms with E-state index in [9.17, 15) is 19.7 Å². The number of rotatable bonds is 7. The molecule has 4 rings (SSSR count). The molecule has 0 amide bonds. The van der Waals surface area contributed by atoms with Crippen LogP contribution in [0, 0.1) is 10.1 Å². The molecule has 2 heterocycles. The summed E-state index contributed by atoms with van der Waals surface area (Å²) in [7, 11) is 1.51. The normalized spacial score (nSPS) is 13.4. The SMILES string of the molecule is CCOC(=O)c1cc(-c2cccc(OC)c2)nn(-c2cc(N3CCOCC3)ccc2[N+](=O)[O-])c1=O. The van der Waals surface area contributed by atoms with Crippen LogP contribution in [0.15, 0.2) is 53.3 Å². The van der Waals surface area contributed by atoms with Crippen LogP contribution in [0.5, 0.6) is 5.75 Å². The van der Waals surface area contributed by atoms with Crippen LogP contribution < -0.4 is 15.2 Å². The van der Waals surface area contributed by atoms with Crippen molar-refractivity contribution in [2.45, 2.75) is 6.92 Å². The van der Waals surface area contributed by atoms with Crippen LogP contribution in [0.3, 0.4) is 0 Å². The maximum absolute atomic E-state index is 13.4. The lowest BCUT2D eigenvalue weighted by Crippen LogP contribution is -2.36. The summed E-state index contributed by atoms with van der Waals surface area (Å²) in [4.78, 5) is 39.3. The fourth-order valence-electron chi connectivity index (χ4n) is 3.79. The van der Waals surface area contributed by atoms with Gasteiger partial charge in [-0.15, -0.1) is 0 Å². The molecular formula is C24H24N4O7. The van der Waals surface area contributed by atoms with Gasteiger partial charge in [0.2, 0.25) is 0 Å². The summed E-state index contributed by atoms with van der Waals surface area (Å²) in [6.45, 7) is 3.90. The zero-order valence-electron chi connectivity index (χ0n) is 19.3. The fraction of sp³-hybridized carbons (Fsp3) is 0.292. The van der Waals surface area contributed by atoms with Crippen molar-refractivity contribution in [3.8, 4) is 22.7 Å². The maximum Gasteiger partial charge on any atom is 0.343 e. The minimum atomic E-state index is -0.843. The van der Waals surface area contributed by atoms with Gasteiger partial charge in [-0.1, -0.05) is 12.1 Å². The second kappa shape index (κ2) is 10.3. The fourth-order valence-corrected chi connectivity index (χ4v) is 3.79. The summed E-state index contributed by atoms with van der Waals surface area (Å²) in [6.07, 6.45) is 0. The highest BCUT2D eigenvalue weighted by molar-refractivity contribution is 5.90. The molecule has 35 heavy (non-hydrogen) atoms. The monoisotopic (exact) mass is 480 g/mol. The lowest BCUT2D eigenvalue weighted by Gasteiger charge is -2.29. The quantitative estimate of drug-likeness (QED) is 0.285. The van der Waals surface area contributed by atoms with Crippen molar-refractivity contribution >= 4 is 17.3 Å². The van der Waals surface area contributed by atoms with Gasteiger partial charge in [-0.3, -0.25) is 14.9 Å². The first-order chi connectivity index (χ1) is 16.9. The van der Waals surface area contributed by atoms with Crippen molar-refractivity contribution < 1.29 is 23.9 Å². The van der Waals surface area contributed by atoms with Crippen LogP contribution in [-0.4, -0.2) is 60.7 Å². The number of hydrogen-bond acceptors (Lipinski definition) is 9. The number of esters is 1. The number of methoxy groups -OCH3 is 1. The van der Waals surface area contributed by atoms with Gasteiger partial charge in [0.05, 0.1) is 37.5 Å². The Balaban J connectivity index is 1.95. The summed E-state index contributed by atoms with van der Waals surface area (Å²) in [5.74, 6) is -0.301. The Morgan fingerprint density at radius 2 is 1.94 bits per heavy atom. The molecule has 11 heteroatoms. The number of aromatic nitrogens is 2. The van der Waals surface area contributed by atoms with Gasteiger partial charge in [0, 0.05) is 30.4 Å². The molecule has 1 aromatic heterocycles. The number of hydrogen-bond donors (Lipinski definition) is 0. The third kappa shape index (κ3) is 4.99. The summed E-state index contributed by atoms with van der Waals surface area (Å²) in [5, 5.41) is 16.3. The van der Waals surface area contributed by atoms with Crippen LogP contribution in [0.4, 0.5) is 11.4 Å². The molecule has 0 aliphatic carbocycles. The molecule has 1 saturated heterocycles. The highest BCUT2D eigenvalue weighted by Crippen LogP contribution is 2.29. The van der Waals surface area contributed by atoms with Gasteiger partial charge in [0.1, 0.15) is 17.0 Å². The second-order valence-electron chi connectivity index (χ2n) is 7.64. The van der Waals surface area contributed by atoms with Crippen molar-refractivity contribution in [2.75, 3.05) is 44.9 Å². The second-order valence-corrected chi connectivity index (χ2v) is 7.64. The predicted octanol–water partition coefficient (Wildman–Crippen LogP) is 2.83. The van der Waals surface area contributed by atoms with Crippen molar-refractivity contribution in [1.82, 2.24) is 9.78 Å². The lowest BCUT2D eigenvalue weighted by molar-refractivity contribution is -0.384. The molecule has 3 aromatic rings. The Morgan fingerprint density at radius 1 is 1.17 bits per heavy atom. The van der Waals surface area contributed by atoms with E-state index in [-0.39, 0.29) is 29.2 Å². The predicted molar refractivity (Wildman–Crippen MR) is 127 cm³/mol. The number of ether oxygens (including phenoxy) is 3. The lowest BCUT2D eigenvalue weighted by atomic mass is 10.1. The van der Waals surface area contributed by atoms with E-state index in [1.807, 2.05) is 4.90 Å². The van der Waals surface area contributed by atoms with E-state index in [4.69, 9.17) is 14.2 Å². The molecule has 0 atom stereocenters. The molecule has 1 fully saturated rings. The van der Waals surface area contributed by atoms with Crippen LogP contribution in [0.25, 0.3) is 16.9 Å². The molecule has 0 saturated carbocycles. The summed E-state index contributed by atoms with van der Waals surface area (Å²) in [5.41, 5.74) is -0.0168. The number of carbonyl (C=O) groups excluding carboxylic acids is 1. The zero-order chi connectivity index (χ0) is 24.9. The molecule has 0 bridgehead atoms. The third-order valence-corrected chi connectivity index (χ3v) is 5.53. The standard InChI is InChI=1S/C24H24N4O7/c1-3-35-24(30)19-15-20(16-5-4-6-18(13-16)33-2)25-27(23(19)29)22-14-17(7-8-21(22)28(31)32)26-9-11-34-12-10-26/h4-8,13-15H,3,9-12H2,1-2H3. The maximum atomic E-state index is 13.4. The molecular weight excluding hydrogens is 456 g/mol. The summed E-state index contributed by atoms with van der Waals surface area (Å²) < 4.78 is 16.6. The first-order valence-electron chi connectivity index (χ1n) is 11.0. The summed E-state index contributed by atoms with van der Waals surface area (Å²) in [6, 6.07) is 12.7. The molecule has 0 N–H and O–H groups in total. The van der Waals surface area contributed by atoms with Crippen LogP contribution in [0.1, 0.15) is 17.3 Å². The molecule has 182 valence electrons. The molecule has 1 aliphatic heterocycles. The molecule has 1 aliphatic rings. The minimum Gasteiger partial charge on any atom is -0.497 e.